The Hall–Kier alpha value is -0.440. The van der Waals surface area contributed by atoms with E-state index in [1.165, 1.54) is 11.5 Å². The maximum absolute atomic E-state index is 2.24. The quantitative estimate of drug-likeness (QED) is 0.499. The van der Waals surface area contributed by atoms with Crippen LogP contribution in [-0.4, -0.2) is 16.1 Å². The van der Waals surface area contributed by atoms with Crippen molar-refractivity contribution in [3.8, 4) is 0 Å². The van der Waals surface area contributed by atoms with Crippen LogP contribution in [0.1, 0.15) is 13.8 Å². The van der Waals surface area contributed by atoms with Gasteiger partial charge in [-0.1, -0.05) is 6.92 Å². The monoisotopic (exact) mass is 185 g/mol. The Balaban J connectivity index is 2.31. The van der Waals surface area contributed by atoms with Gasteiger partial charge in [0, 0.05) is 5.75 Å². The lowest BCUT2D eigenvalue weighted by molar-refractivity contribution is -0.691. The molecule has 0 radical (unpaired) electrons. The molecular weight excluding hydrogens is 168 g/mol. The van der Waals surface area contributed by atoms with Crippen molar-refractivity contribution < 1.29 is 4.57 Å². The number of aromatic nitrogens is 2. The third-order valence-corrected chi connectivity index (χ3v) is 2.69. The highest BCUT2D eigenvalue weighted by molar-refractivity contribution is 7.99. The minimum absolute atomic E-state index is 1.06. The first-order chi connectivity index (χ1) is 5.86. The molecule has 0 saturated carbocycles. The summed E-state index contributed by atoms with van der Waals surface area (Å²) in [5.41, 5.74) is 0. The Morgan fingerprint density at radius 2 is 2.25 bits per heavy atom. The maximum Gasteiger partial charge on any atom is 0.243 e. The summed E-state index contributed by atoms with van der Waals surface area (Å²) >= 11 is 1.99. The number of aryl methyl sites for hydroxylation is 2. The predicted octanol–water partition coefficient (Wildman–Crippen LogP) is 1.55. The molecule has 0 unspecified atom stereocenters. The molecule has 0 saturated heterocycles. The van der Waals surface area contributed by atoms with E-state index in [9.17, 15) is 0 Å². The van der Waals surface area contributed by atoms with Gasteiger partial charge >= 0.3 is 0 Å². The van der Waals surface area contributed by atoms with E-state index < -0.39 is 0 Å². The second-order valence-corrected chi connectivity index (χ2v) is 4.07. The van der Waals surface area contributed by atoms with Crippen LogP contribution in [0.2, 0.25) is 0 Å². The molecule has 0 bridgehead atoms. The van der Waals surface area contributed by atoms with Gasteiger partial charge in [-0.05, 0) is 12.7 Å². The number of hydrogen-bond acceptors (Lipinski definition) is 1. The molecule has 1 aromatic heterocycles. The van der Waals surface area contributed by atoms with Crippen LogP contribution >= 0.6 is 11.8 Å². The van der Waals surface area contributed by atoms with Gasteiger partial charge in [0.15, 0.2) is 0 Å². The Bertz CT molecular complexity index is 220. The molecule has 0 aromatic carbocycles. The van der Waals surface area contributed by atoms with Crippen molar-refractivity contribution in [3.05, 3.63) is 18.7 Å². The largest absolute Gasteiger partial charge is 0.243 e. The summed E-state index contributed by atoms with van der Waals surface area (Å²) < 4.78 is 4.43. The molecule has 2 nitrogen and oxygen atoms in total. The van der Waals surface area contributed by atoms with Crippen molar-refractivity contribution in [1.82, 2.24) is 4.57 Å². The van der Waals surface area contributed by atoms with Crippen LogP contribution in [0.5, 0.6) is 0 Å². The van der Waals surface area contributed by atoms with Crippen molar-refractivity contribution in [1.29, 1.82) is 0 Å². The third-order valence-electron chi connectivity index (χ3n) is 1.81. The van der Waals surface area contributed by atoms with Gasteiger partial charge in [0.2, 0.25) is 6.33 Å². The van der Waals surface area contributed by atoms with Crippen LogP contribution in [0.15, 0.2) is 18.7 Å². The van der Waals surface area contributed by atoms with Crippen molar-refractivity contribution >= 4 is 11.8 Å². The SMILES string of the molecule is CCSCC[n+]1ccn(CC)c1. The average molecular weight is 185 g/mol. The van der Waals surface area contributed by atoms with Gasteiger partial charge in [-0.15, -0.1) is 0 Å². The molecule has 1 rings (SSSR count). The lowest BCUT2D eigenvalue weighted by atomic mass is 10.7. The van der Waals surface area contributed by atoms with Gasteiger partial charge in [0.25, 0.3) is 0 Å². The lowest BCUT2D eigenvalue weighted by Gasteiger charge is -1.94. The summed E-state index contributed by atoms with van der Waals surface area (Å²) in [6.45, 7) is 6.55. The van der Waals surface area contributed by atoms with Gasteiger partial charge < -0.3 is 0 Å². The fraction of sp³-hybridized carbons (Fsp3) is 0.667. The summed E-state index contributed by atoms with van der Waals surface area (Å²) in [5, 5.41) is 0. The number of nitrogens with zero attached hydrogens (tertiary/aromatic N) is 2. The van der Waals surface area contributed by atoms with Crippen LogP contribution in [0.25, 0.3) is 0 Å². The zero-order valence-electron chi connectivity index (χ0n) is 7.86. The van der Waals surface area contributed by atoms with Crippen LogP contribution in [0.4, 0.5) is 0 Å². The summed E-state index contributed by atoms with van der Waals surface area (Å²) in [4.78, 5) is 0. The van der Waals surface area contributed by atoms with Gasteiger partial charge in [0.1, 0.15) is 12.4 Å². The fourth-order valence-electron chi connectivity index (χ4n) is 1.07. The van der Waals surface area contributed by atoms with Crippen LogP contribution in [0.3, 0.4) is 0 Å². The number of rotatable bonds is 5. The molecule has 1 heterocycles. The summed E-state index contributed by atoms with van der Waals surface area (Å²) in [6, 6.07) is 0. The molecule has 3 heteroatoms. The molecule has 0 N–H and O–H groups in total. The highest BCUT2D eigenvalue weighted by Gasteiger charge is 1.99. The molecule has 1 aromatic rings. The molecule has 68 valence electrons. The highest BCUT2D eigenvalue weighted by Crippen LogP contribution is 1.96. The van der Waals surface area contributed by atoms with E-state index in [-0.39, 0.29) is 0 Å². The number of hydrogen-bond donors (Lipinski definition) is 0. The second kappa shape index (κ2) is 5.25. The molecule has 0 fully saturated rings. The van der Waals surface area contributed by atoms with Crippen molar-refractivity contribution in [2.75, 3.05) is 11.5 Å². The van der Waals surface area contributed by atoms with E-state index in [0.717, 1.165) is 13.1 Å². The molecular formula is C9H17N2S+. The number of imidazole rings is 1. The van der Waals surface area contributed by atoms with Gasteiger partial charge in [-0.2, -0.15) is 11.8 Å². The second-order valence-electron chi connectivity index (χ2n) is 2.68. The predicted molar refractivity (Wildman–Crippen MR) is 53.3 cm³/mol. The topological polar surface area (TPSA) is 8.81 Å². The zero-order valence-corrected chi connectivity index (χ0v) is 8.68. The van der Waals surface area contributed by atoms with Crippen LogP contribution in [0, 0.1) is 0 Å². The molecule has 0 aliphatic carbocycles. The van der Waals surface area contributed by atoms with Crippen molar-refractivity contribution in [3.63, 3.8) is 0 Å². The van der Waals surface area contributed by atoms with E-state index in [1.54, 1.807) is 0 Å². The average Bonchev–Trinajstić information content (AvgIpc) is 2.53. The first kappa shape index (κ1) is 9.65. The van der Waals surface area contributed by atoms with Crippen LogP contribution in [-0.2, 0) is 13.1 Å². The minimum atomic E-state index is 1.06. The maximum atomic E-state index is 2.24. The Labute approximate surface area is 78.6 Å². The molecule has 0 atom stereocenters. The molecule has 12 heavy (non-hydrogen) atoms. The summed E-state index contributed by atoms with van der Waals surface area (Å²) in [6.07, 6.45) is 6.42. The standard InChI is InChI=1S/C9H17N2S/c1-3-10-5-6-11(9-10)7-8-12-4-2/h5-6,9H,3-4,7-8H2,1-2H3/q+1. The molecule has 0 aliphatic rings. The van der Waals surface area contributed by atoms with Gasteiger partial charge in [-0.25, -0.2) is 9.13 Å². The van der Waals surface area contributed by atoms with Crippen molar-refractivity contribution in [2.45, 2.75) is 26.9 Å². The first-order valence-corrected chi connectivity index (χ1v) is 5.64. The van der Waals surface area contributed by atoms with E-state index in [0.29, 0.717) is 0 Å². The Morgan fingerprint density at radius 1 is 1.42 bits per heavy atom. The molecule has 0 amide bonds. The Morgan fingerprint density at radius 3 is 2.83 bits per heavy atom. The van der Waals surface area contributed by atoms with Gasteiger partial charge in [-0.3, -0.25) is 0 Å². The third kappa shape index (κ3) is 2.89. The van der Waals surface area contributed by atoms with E-state index in [4.69, 9.17) is 0 Å². The highest BCUT2D eigenvalue weighted by atomic mass is 32.2. The minimum Gasteiger partial charge on any atom is -0.237 e. The zero-order chi connectivity index (χ0) is 8.81. The fourth-order valence-corrected chi connectivity index (χ4v) is 1.70. The Kier molecular flexibility index (Phi) is 4.22. The van der Waals surface area contributed by atoms with Gasteiger partial charge in [0.05, 0.1) is 13.1 Å². The van der Waals surface area contributed by atoms with Crippen LogP contribution < -0.4 is 4.57 Å². The summed E-state index contributed by atoms with van der Waals surface area (Å²) in [7, 11) is 0. The van der Waals surface area contributed by atoms with E-state index in [2.05, 4.69) is 41.7 Å². The molecule has 0 spiro atoms. The molecule has 0 aliphatic heterocycles. The lowest BCUT2D eigenvalue weighted by Crippen LogP contribution is -2.32. The smallest absolute Gasteiger partial charge is 0.237 e. The summed E-state index contributed by atoms with van der Waals surface area (Å²) in [5.74, 6) is 2.43. The van der Waals surface area contributed by atoms with Crippen molar-refractivity contribution in [2.24, 2.45) is 0 Å². The van der Waals surface area contributed by atoms with E-state index in [1.807, 2.05) is 11.8 Å². The number of thioether (sulfide) groups is 1. The first-order valence-electron chi connectivity index (χ1n) is 4.49. The normalized spacial score (nSPS) is 10.5. The van der Waals surface area contributed by atoms with E-state index >= 15 is 0 Å².